The highest BCUT2D eigenvalue weighted by Crippen LogP contribution is 2.31. The molecule has 2 fully saturated rings. The molecule has 3 N–H and O–H groups in total. The number of oxime groups is 1. The van der Waals surface area contributed by atoms with Crippen molar-refractivity contribution >= 4 is 11.5 Å². The van der Waals surface area contributed by atoms with Crippen LogP contribution < -0.4 is 10.6 Å². The van der Waals surface area contributed by atoms with Crippen LogP contribution in [0.5, 0.6) is 0 Å². The van der Waals surface area contributed by atoms with E-state index in [9.17, 15) is 0 Å². The molecule has 0 amide bonds. The van der Waals surface area contributed by atoms with Crippen molar-refractivity contribution in [1.29, 1.82) is 0 Å². The average molecular weight is 261 g/mol. The van der Waals surface area contributed by atoms with Gasteiger partial charge in [0.2, 0.25) is 0 Å². The molecule has 19 heavy (non-hydrogen) atoms. The molecule has 0 saturated carbocycles. The fraction of sp³-hybridized carbons (Fsp3) is 0.500. The maximum Gasteiger partial charge on any atom is 0.172 e. The Morgan fingerprint density at radius 2 is 2.05 bits per heavy atom. The number of amidine groups is 1. The van der Waals surface area contributed by atoms with Crippen LogP contribution in [-0.2, 0) is 4.74 Å². The Kier molecular flexibility index (Phi) is 3.06. The van der Waals surface area contributed by atoms with Crippen LogP contribution in [0, 0.1) is 6.92 Å². The summed E-state index contributed by atoms with van der Waals surface area (Å²) in [5.41, 5.74) is 8.77. The zero-order valence-corrected chi connectivity index (χ0v) is 11.0. The Morgan fingerprint density at radius 1 is 1.37 bits per heavy atom. The van der Waals surface area contributed by atoms with Crippen LogP contribution >= 0.6 is 0 Å². The lowest BCUT2D eigenvalue weighted by atomic mass is 10.1. The van der Waals surface area contributed by atoms with Crippen molar-refractivity contribution in [2.24, 2.45) is 10.9 Å². The van der Waals surface area contributed by atoms with Gasteiger partial charge in [0.15, 0.2) is 5.84 Å². The molecular weight excluding hydrogens is 242 g/mol. The SMILES string of the molecule is Cc1ccc(C(N)=NO)c(N2CC3CCC(C2)O3)c1. The van der Waals surface area contributed by atoms with E-state index in [4.69, 9.17) is 15.7 Å². The van der Waals surface area contributed by atoms with Gasteiger partial charge in [-0.25, -0.2) is 0 Å². The highest BCUT2D eigenvalue weighted by atomic mass is 16.5. The second-order valence-corrected chi connectivity index (χ2v) is 5.37. The molecule has 0 spiro atoms. The standard InChI is InChI=1S/C14H19N3O2/c1-9-2-5-12(14(15)16-18)13(6-9)17-7-10-3-4-11(8-17)19-10/h2,5-6,10-11,18H,3-4,7-8H2,1H3,(H2,15,16). The monoisotopic (exact) mass is 261 g/mol. The van der Waals surface area contributed by atoms with Crippen molar-refractivity contribution in [2.45, 2.75) is 32.0 Å². The fourth-order valence-electron chi connectivity index (χ4n) is 2.99. The normalized spacial score (nSPS) is 26.8. The quantitative estimate of drug-likeness (QED) is 0.366. The number of anilines is 1. The molecule has 3 rings (SSSR count). The Bertz CT molecular complexity index is 503. The summed E-state index contributed by atoms with van der Waals surface area (Å²) in [7, 11) is 0. The Morgan fingerprint density at radius 3 is 2.68 bits per heavy atom. The third-order valence-electron chi connectivity index (χ3n) is 3.92. The molecule has 2 aliphatic heterocycles. The minimum absolute atomic E-state index is 0.161. The first-order valence-electron chi connectivity index (χ1n) is 6.66. The summed E-state index contributed by atoms with van der Waals surface area (Å²) in [6.45, 7) is 3.81. The molecule has 1 aromatic carbocycles. The van der Waals surface area contributed by atoms with E-state index >= 15 is 0 Å². The van der Waals surface area contributed by atoms with Crippen molar-refractivity contribution in [3.63, 3.8) is 0 Å². The Hall–Kier alpha value is -1.75. The highest BCUT2D eigenvalue weighted by Gasteiger charge is 2.34. The van der Waals surface area contributed by atoms with Gasteiger partial charge >= 0.3 is 0 Å². The molecule has 2 unspecified atom stereocenters. The molecule has 0 aliphatic carbocycles. The molecule has 2 bridgehead atoms. The van der Waals surface area contributed by atoms with Crippen LogP contribution in [0.1, 0.15) is 24.0 Å². The molecule has 5 heteroatoms. The van der Waals surface area contributed by atoms with Crippen LogP contribution in [-0.4, -0.2) is 36.3 Å². The minimum atomic E-state index is 0.161. The van der Waals surface area contributed by atoms with Gasteiger partial charge in [-0.2, -0.15) is 0 Å². The van der Waals surface area contributed by atoms with Gasteiger partial charge in [0.05, 0.1) is 12.2 Å². The number of hydrogen-bond acceptors (Lipinski definition) is 4. The van der Waals surface area contributed by atoms with Crippen LogP contribution in [0.4, 0.5) is 5.69 Å². The number of hydrogen-bond donors (Lipinski definition) is 2. The molecule has 0 aromatic heterocycles. The predicted molar refractivity (Wildman–Crippen MR) is 73.8 cm³/mol. The average Bonchev–Trinajstić information content (AvgIpc) is 2.76. The van der Waals surface area contributed by atoms with Crippen molar-refractivity contribution in [3.05, 3.63) is 29.3 Å². The van der Waals surface area contributed by atoms with Crippen LogP contribution in [0.25, 0.3) is 0 Å². The largest absolute Gasteiger partial charge is 0.409 e. The zero-order chi connectivity index (χ0) is 13.4. The number of morpholine rings is 1. The van der Waals surface area contributed by atoms with E-state index in [1.165, 1.54) is 5.56 Å². The number of nitrogens with zero attached hydrogens (tertiary/aromatic N) is 2. The topological polar surface area (TPSA) is 71.1 Å². The molecule has 2 atom stereocenters. The van der Waals surface area contributed by atoms with E-state index in [1.54, 1.807) is 0 Å². The maximum absolute atomic E-state index is 8.92. The van der Waals surface area contributed by atoms with Gasteiger partial charge in [0, 0.05) is 24.3 Å². The van der Waals surface area contributed by atoms with Crippen molar-refractivity contribution in [3.8, 4) is 0 Å². The van der Waals surface area contributed by atoms with E-state index in [0.29, 0.717) is 12.2 Å². The van der Waals surface area contributed by atoms with E-state index < -0.39 is 0 Å². The van der Waals surface area contributed by atoms with Crippen molar-refractivity contribution < 1.29 is 9.94 Å². The first-order valence-corrected chi connectivity index (χ1v) is 6.66. The number of nitrogens with two attached hydrogens (primary N) is 1. The fourth-order valence-corrected chi connectivity index (χ4v) is 2.99. The summed E-state index contributed by atoms with van der Waals surface area (Å²) in [4.78, 5) is 2.30. The molecule has 102 valence electrons. The Labute approximate surface area is 112 Å². The smallest absolute Gasteiger partial charge is 0.172 e. The summed E-state index contributed by atoms with van der Waals surface area (Å²) in [5.74, 6) is 0.161. The molecule has 0 radical (unpaired) electrons. The van der Waals surface area contributed by atoms with Gasteiger partial charge in [-0.15, -0.1) is 0 Å². The second-order valence-electron chi connectivity index (χ2n) is 5.37. The van der Waals surface area contributed by atoms with E-state index in [0.717, 1.165) is 37.2 Å². The van der Waals surface area contributed by atoms with Gasteiger partial charge in [0.1, 0.15) is 0 Å². The lowest BCUT2D eigenvalue weighted by molar-refractivity contribution is 0.0305. The first-order chi connectivity index (χ1) is 9.17. The summed E-state index contributed by atoms with van der Waals surface area (Å²) >= 11 is 0. The predicted octanol–water partition coefficient (Wildman–Crippen LogP) is 1.46. The van der Waals surface area contributed by atoms with E-state index in [2.05, 4.69) is 23.0 Å². The van der Waals surface area contributed by atoms with Gasteiger partial charge < -0.3 is 20.6 Å². The maximum atomic E-state index is 8.92. The lowest BCUT2D eigenvalue weighted by Gasteiger charge is -2.35. The number of rotatable bonds is 2. The zero-order valence-electron chi connectivity index (χ0n) is 11.0. The third kappa shape index (κ3) is 2.26. The van der Waals surface area contributed by atoms with Crippen LogP contribution in [0.3, 0.4) is 0 Å². The van der Waals surface area contributed by atoms with Gasteiger partial charge in [-0.1, -0.05) is 11.2 Å². The number of fused-ring (bicyclic) bond motifs is 2. The molecule has 2 aliphatic rings. The summed E-state index contributed by atoms with van der Waals surface area (Å²) in [6.07, 6.45) is 2.90. The van der Waals surface area contributed by atoms with Crippen molar-refractivity contribution in [2.75, 3.05) is 18.0 Å². The number of benzene rings is 1. The molecular formula is C14H19N3O2. The van der Waals surface area contributed by atoms with E-state index in [1.807, 2.05) is 12.1 Å². The first kappa shape index (κ1) is 12.3. The van der Waals surface area contributed by atoms with Gasteiger partial charge in [-0.05, 0) is 37.5 Å². The number of aryl methyl sites for hydroxylation is 1. The van der Waals surface area contributed by atoms with Gasteiger partial charge in [0.25, 0.3) is 0 Å². The lowest BCUT2D eigenvalue weighted by Crippen LogP contribution is -2.43. The van der Waals surface area contributed by atoms with Crippen LogP contribution in [0.2, 0.25) is 0 Å². The summed E-state index contributed by atoms with van der Waals surface area (Å²) in [5, 5.41) is 12.1. The highest BCUT2D eigenvalue weighted by molar-refractivity contribution is 6.02. The molecule has 2 saturated heterocycles. The molecule has 5 nitrogen and oxygen atoms in total. The third-order valence-corrected chi connectivity index (χ3v) is 3.92. The molecule has 2 heterocycles. The summed E-state index contributed by atoms with van der Waals surface area (Å²) < 4.78 is 5.85. The van der Waals surface area contributed by atoms with Crippen molar-refractivity contribution in [1.82, 2.24) is 0 Å². The minimum Gasteiger partial charge on any atom is -0.409 e. The second kappa shape index (κ2) is 4.74. The van der Waals surface area contributed by atoms with Crippen LogP contribution in [0.15, 0.2) is 23.4 Å². The van der Waals surface area contributed by atoms with Gasteiger partial charge in [-0.3, -0.25) is 0 Å². The summed E-state index contributed by atoms with van der Waals surface area (Å²) in [6, 6.07) is 5.99. The Balaban J connectivity index is 1.97. The van der Waals surface area contributed by atoms with E-state index in [-0.39, 0.29) is 5.84 Å². The molecule has 1 aromatic rings. The number of ether oxygens (including phenoxy) is 1.